The number of halogens is 5. The van der Waals surface area contributed by atoms with Gasteiger partial charge in [0.25, 0.3) is 0 Å². The fraction of sp³-hybridized carbons (Fsp3) is 0.379. The lowest BCUT2D eigenvalue weighted by Crippen LogP contribution is -2.25. The van der Waals surface area contributed by atoms with E-state index >= 15 is 13.2 Å². The summed E-state index contributed by atoms with van der Waals surface area (Å²) in [5.41, 5.74) is -0.0471. The molecule has 186 valence electrons. The number of aryl methyl sites for hydroxylation is 1. The van der Waals surface area contributed by atoms with Gasteiger partial charge in [-0.25, -0.2) is 22.0 Å². The third-order valence-electron chi connectivity index (χ3n) is 6.79. The van der Waals surface area contributed by atoms with Crippen LogP contribution in [0.2, 0.25) is 0 Å². The molecule has 1 heterocycles. The quantitative estimate of drug-likeness (QED) is 0.302. The Balaban J connectivity index is 1.63. The summed E-state index contributed by atoms with van der Waals surface area (Å²) in [4.78, 5) is 0. The average molecular weight is 489 g/mol. The molecule has 0 amide bonds. The largest absolute Gasteiger partial charge is 0.378 e. The van der Waals surface area contributed by atoms with E-state index in [4.69, 9.17) is 4.74 Å². The second-order valence-electron chi connectivity index (χ2n) is 9.19. The van der Waals surface area contributed by atoms with Crippen molar-refractivity contribution in [1.82, 2.24) is 0 Å². The zero-order chi connectivity index (χ0) is 25.1. The Morgan fingerprint density at radius 3 is 2.03 bits per heavy atom. The van der Waals surface area contributed by atoms with Gasteiger partial charge in [0.1, 0.15) is 5.82 Å². The zero-order valence-electron chi connectivity index (χ0n) is 19.9. The summed E-state index contributed by atoms with van der Waals surface area (Å²) in [6, 6.07) is 9.40. The first kappa shape index (κ1) is 25.4. The molecule has 0 aliphatic carbocycles. The molecule has 2 atom stereocenters. The van der Waals surface area contributed by atoms with Crippen LogP contribution in [0.25, 0.3) is 22.3 Å². The predicted octanol–water partition coefficient (Wildman–Crippen LogP) is 8.73. The van der Waals surface area contributed by atoms with E-state index in [0.717, 1.165) is 31.7 Å². The van der Waals surface area contributed by atoms with E-state index in [1.54, 1.807) is 6.07 Å². The first-order valence-electron chi connectivity index (χ1n) is 12.2. The van der Waals surface area contributed by atoms with E-state index in [9.17, 15) is 8.78 Å². The molecule has 0 bridgehead atoms. The molecule has 0 aromatic heterocycles. The van der Waals surface area contributed by atoms with Crippen LogP contribution in [0, 0.1) is 29.1 Å². The van der Waals surface area contributed by atoms with Crippen molar-refractivity contribution in [3.05, 3.63) is 82.7 Å². The molecule has 2 unspecified atom stereocenters. The fourth-order valence-corrected chi connectivity index (χ4v) is 4.86. The van der Waals surface area contributed by atoms with Crippen molar-refractivity contribution in [3.8, 4) is 22.3 Å². The predicted molar refractivity (Wildman–Crippen MR) is 128 cm³/mol. The minimum absolute atomic E-state index is 0.135. The molecule has 0 radical (unpaired) electrons. The Hall–Kier alpha value is -2.73. The van der Waals surface area contributed by atoms with Gasteiger partial charge in [-0.3, -0.25) is 0 Å². The molecular weight excluding hydrogens is 459 g/mol. The van der Waals surface area contributed by atoms with Gasteiger partial charge in [0, 0.05) is 22.6 Å². The topological polar surface area (TPSA) is 9.23 Å². The molecular formula is C29H29F5O. The number of hydrogen-bond donors (Lipinski definition) is 0. The van der Waals surface area contributed by atoms with Crippen LogP contribution in [0.1, 0.15) is 63.0 Å². The Bertz CT molecular complexity index is 1200. The summed E-state index contributed by atoms with van der Waals surface area (Å²) in [6.07, 6.45) is 4.78. The average Bonchev–Trinajstić information content (AvgIpc) is 2.85. The van der Waals surface area contributed by atoms with Crippen molar-refractivity contribution in [2.45, 2.75) is 64.4 Å². The molecule has 4 rings (SSSR count). The van der Waals surface area contributed by atoms with Gasteiger partial charge in [0.05, 0.1) is 12.7 Å². The van der Waals surface area contributed by atoms with Gasteiger partial charge in [0.15, 0.2) is 23.3 Å². The van der Waals surface area contributed by atoms with Gasteiger partial charge in [-0.15, -0.1) is 0 Å². The van der Waals surface area contributed by atoms with Crippen molar-refractivity contribution >= 4 is 0 Å². The summed E-state index contributed by atoms with van der Waals surface area (Å²) in [5.74, 6) is -5.63. The highest BCUT2D eigenvalue weighted by Gasteiger charge is 2.28. The minimum atomic E-state index is -1.31. The Labute approximate surface area is 202 Å². The van der Waals surface area contributed by atoms with Crippen molar-refractivity contribution in [2.24, 2.45) is 0 Å². The summed E-state index contributed by atoms with van der Waals surface area (Å²) in [7, 11) is 0. The van der Waals surface area contributed by atoms with Crippen LogP contribution in [-0.2, 0) is 11.2 Å². The Morgan fingerprint density at radius 2 is 1.40 bits per heavy atom. The van der Waals surface area contributed by atoms with Gasteiger partial charge in [-0.1, -0.05) is 63.1 Å². The fourth-order valence-electron chi connectivity index (χ4n) is 4.86. The van der Waals surface area contributed by atoms with Gasteiger partial charge in [0.2, 0.25) is 0 Å². The SMILES string of the molecule is CCCc1ccc(-c2ccc(-c3ccc(C4CCC(CCC)OC4)c(F)c3F)c(F)c2F)cc1F. The van der Waals surface area contributed by atoms with Crippen LogP contribution < -0.4 is 0 Å². The number of hydrogen-bond acceptors (Lipinski definition) is 1. The van der Waals surface area contributed by atoms with Crippen LogP contribution in [0.4, 0.5) is 22.0 Å². The molecule has 1 aliphatic heterocycles. The maximum atomic E-state index is 15.1. The van der Waals surface area contributed by atoms with Crippen LogP contribution in [-0.4, -0.2) is 12.7 Å². The first-order valence-corrected chi connectivity index (χ1v) is 12.2. The maximum Gasteiger partial charge on any atom is 0.167 e. The lowest BCUT2D eigenvalue weighted by molar-refractivity contribution is -0.00181. The highest BCUT2D eigenvalue weighted by atomic mass is 19.2. The smallest absolute Gasteiger partial charge is 0.167 e. The number of rotatable bonds is 7. The monoisotopic (exact) mass is 488 g/mol. The molecule has 0 saturated carbocycles. The van der Waals surface area contributed by atoms with Gasteiger partial charge < -0.3 is 4.74 Å². The van der Waals surface area contributed by atoms with Crippen molar-refractivity contribution in [1.29, 1.82) is 0 Å². The molecule has 35 heavy (non-hydrogen) atoms. The lowest BCUT2D eigenvalue weighted by atomic mass is 9.88. The van der Waals surface area contributed by atoms with Crippen LogP contribution in [0.5, 0.6) is 0 Å². The molecule has 6 heteroatoms. The highest BCUT2D eigenvalue weighted by Crippen LogP contribution is 2.37. The van der Waals surface area contributed by atoms with Crippen LogP contribution in [0.3, 0.4) is 0 Å². The van der Waals surface area contributed by atoms with Gasteiger partial charge in [-0.2, -0.15) is 0 Å². The molecule has 1 fully saturated rings. The molecule has 3 aromatic rings. The third-order valence-corrected chi connectivity index (χ3v) is 6.79. The number of benzene rings is 3. The minimum Gasteiger partial charge on any atom is -0.378 e. The molecule has 1 saturated heterocycles. The van der Waals surface area contributed by atoms with Crippen molar-refractivity contribution in [3.63, 3.8) is 0 Å². The Kier molecular flexibility index (Phi) is 7.90. The van der Waals surface area contributed by atoms with Crippen LogP contribution >= 0.6 is 0 Å². The summed E-state index contributed by atoms with van der Waals surface area (Å²) in [5, 5.41) is 0. The lowest BCUT2D eigenvalue weighted by Gasteiger charge is -2.29. The van der Waals surface area contributed by atoms with E-state index in [1.165, 1.54) is 30.3 Å². The highest BCUT2D eigenvalue weighted by molar-refractivity contribution is 5.72. The second kappa shape index (κ2) is 10.9. The van der Waals surface area contributed by atoms with Gasteiger partial charge in [-0.05, 0) is 48.4 Å². The summed E-state index contributed by atoms with van der Waals surface area (Å²) >= 11 is 0. The normalized spacial score (nSPS) is 18.1. The van der Waals surface area contributed by atoms with E-state index in [1.807, 2.05) is 6.92 Å². The van der Waals surface area contributed by atoms with Crippen molar-refractivity contribution in [2.75, 3.05) is 6.61 Å². The second-order valence-corrected chi connectivity index (χ2v) is 9.19. The summed E-state index contributed by atoms with van der Waals surface area (Å²) < 4.78 is 80.2. The molecule has 0 spiro atoms. The van der Waals surface area contributed by atoms with E-state index in [0.29, 0.717) is 25.0 Å². The van der Waals surface area contributed by atoms with Gasteiger partial charge >= 0.3 is 0 Å². The van der Waals surface area contributed by atoms with E-state index < -0.39 is 29.1 Å². The standard InChI is InChI=1S/C29H29F5O/c1-3-5-17-7-8-18(15-25(17)30)21-11-13-23(28(33)26(21)31)24-14-12-22(27(32)29(24)34)19-9-10-20(6-4-2)35-16-19/h7-8,11-15,19-20H,3-6,9-10,16H2,1-2H3. The van der Waals surface area contributed by atoms with Crippen LogP contribution in [0.15, 0.2) is 42.5 Å². The molecule has 3 aromatic carbocycles. The Morgan fingerprint density at radius 1 is 0.743 bits per heavy atom. The maximum absolute atomic E-state index is 15.1. The van der Waals surface area contributed by atoms with Crippen molar-refractivity contribution < 1.29 is 26.7 Å². The molecule has 1 nitrogen and oxygen atoms in total. The molecule has 0 N–H and O–H groups in total. The number of ether oxygens (including phenoxy) is 1. The zero-order valence-corrected chi connectivity index (χ0v) is 19.9. The summed E-state index contributed by atoms with van der Waals surface area (Å²) in [6.45, 7) is 4.28. The molecule has 1 aliphatic rings. The first-order chi connectivity index (χ1) is 16.8. The third kappa shape index (κ3) is 5.13. The van der Waals surface area contributed by atoms with E-state index in [-0.39, 0.29) is 39.8 Å². The van der Waals surface area contributed by atoms with E-state index in [2.05, 4.69) is 6.92 Å².